The minimum Gasteiger partial charge on any atom is -0.873 e. The van der Waals surface area contributed by atoms with Gasteiger partial charge in [-0.3, -0.25) is 0 Å². The first-order valence-electron chi connectivity index (χ1n) is 25.7. The van der Waals surface area contributed by atoms with E-state index in [1.165, 1.54) is 48.5 Å². The third kappa shape index (κ3) is 284. The van der Waals surface area contributed by atoms with E-state index in [0.29, 0.717) is 0 Å². The van der Waals surface area contributed by atoms with Crippen LogP contribution in [-0.4, -0.2) is 93.7 Å². The SMILES string of the molecule is CC(C)O.CC(C)O.CC(C)O.CC(C)O.CC(C)[O-].CC(C)[O-].CC(C)[O-].CC(C)[O-].CC(C)[O-].CC(C)[O-].CC(C)[O-].CC(C)[O-].[O-]c1ccccc1[O-].[O-]c1ccccc1[O-].[O-]c1ccccc1[O-].[O-]c1ccccc1[O-].[Ti+4].[Ti+4].[Ti+4].[Ti+4]. The van der Waals surface area contributed by atoms with Crippen LogP contribution in [0.5, 0.6) is 46.0 Å². The zero-order valence-electron chi connectivity index (χ0n) is 54.5. The summed E-state index contributed by atoms with van der Waals surface area (Å²) in [5.74, 6) is -3.50. The molecule has 0 aliphatic heterocycles. The van der Waals surface area contributed by atoms with Crippen molar-refractivity contribution in [3.8, 4) is 46.0 Å². The molecule has 4 rings (SSSR count). The molecule has 0 atom stereocenters. The summed E-state index contributed by atoms with van der Waals surface area (Å²) in [5, 5.41) is 191. The topological polar surface area (TPSA) is 450 Å². The summed E-state index contributed by atoms with van der Waals surface area (Å²) in [7, 11) is 0. The smallest absolute Gasteiger partial charge is 0.873 e. The third-order valence-electron chi connectivity index (χ3n) is 3.40. The molecule has 84 heavy (non-hydrogen) atoms. The van der Waals surface area contributed by atoms with Gasteiger partial charge in [0, 0.05) is 24.4 Å². The van der Waals surface area contributed by atoms with Crippen molar-refractivity contribution in [2.24, 2.45) is 0 Å². The number of aliphatic hydroxyl groups excluding tert-OH is 4. The van der Waals surface area contributed by atoms with Gasteiger partial charge in [-0.2, -0.15) is 0 Å². The fourth-order valence-electron chi connectivity index (χ4n) is 1.80. The Bertz CT molecular complexity index is 1290. The van der Waals surface area contributed by atoms with Gasteiger partial charge < -0.3 is 102 Å². The fourth-order valence-corrected chi connectivity index (χ4v) is 1.80. The average Bonchev–Trinajstić information content (AvgIpc) is 3.21. The van der Waals surface area contributed by atoms with Gasteiger partial charge >= 0.3 is 86.9 Å². The van der Waals surface area contributed by atoms with Crippen LogP contribution in [0.25, 0.3) is 0 Å². The maximum absolute atomic E-state index is 10.3. The van der Waals surface area contributed by atoms with Crippen LogP contribution in [0.4, 0.5) is 0 Å². The van der Waals surface area contributed by atoms with Crippen LogP contribution in [0, 0.1) is 0 Å². The van der Waals surface area contributed by atoms with Gasteiger partial charge in [-0.05, 0) is 55.4 Å². The van der Waals surface area contributed by atoms with Gasteiger partial charge in [0.2, 0.25) is 0 Å². The zero-order chi connectivity index (χ0) is 66.9. The molecule has 0 aliphatic carbocycles. The van der Waals surface area contributed by atoms with Gasteiger partial charge in [-0.15, -0.1) is 94.8 Å². The molecule has 4 aromatic rings. The summed E-state index contributed by atoms with van der Waals surface area (Å²) >= 11 is 0. The normalized spacial score (nSPS) is 8.57. The van der Waals surface area contributed by atoms with Crippen molar-refractivity contribution in [3.05, 3.63) is 97.1 Å². The van der Waals surface area contributed by atoms with E-state index in [-0.39, 0.29) is 111 Å². The van der Waals surface area contributed by atoms with Crippen LogP contribution >= 0.6 is 0 Å². The van der Waals surface area contributed by atoms with Gasteiger partial charge in [0.25, 0.3) is 0 Å². The Balaban J connectivity index is -0.0000000423. The number of rotatable bonds is 0. The van der Waals surface area contributed by atoms with E-state index < -0.39 is 94.8 Å². The van der Waals surface area contributed by atoms with Gasteiger partial charge in [-0.25, -0.2) is 0 Å². The van der Waals surface area contributed by atoms with Crippen molar-refractivity contribution in [3.63, 3.8) is 0 Å². The van der Waals surface area contributed by atoms with Gasteiger partial charge in [0.05, 0.1) is 0 Å². The molecule has 0 aliphatic rings. The number of para-hydroxylation sites is 8. The molecule has 0 unspecified atom stereocenters. The predicted molar refractivity (Wildman–Crippen MR) is 292 cm³/mol. The number of hydrogen-bond acceptors (Lipinski definition) is 20. The Morgan fingerprint density at radius 2 is 0.226 bits per heavy atom. The van der Waals surface area contributed by atoms with Gasteiger partial charge in [-0.1, -0.05) is 208 Å². The van der Waals surface area contributed by atoms with Crippen LogP contribution < -0.4 is 81.7 Å². The molecule has 0 saturated heterocycles. The van der Waals surface area contributed by atoms with E-state index in [9.17, 15) is 81.7 Å². The molecular formula is C60H104O20Ti4. The standard InChI is InChI=1S/4C6H6O2.4C3H8O.8C3H7O.4Ti/c4*7-5-3-1-2-4-6(5)8;12*1-3(2)4;;;;/h4*1-4,7-8H;4*3-4H,1-2H3;8*3H,1-2H3;;;;/q;;;;;;;;8*-1;4*+4/p-8. The zero-order valence-corrected chi connectivity index (χ0v) is 60.7. The molecule has 0 spiro atoms. The summed E-state index contributed by atoms with van der Waals surface area (Å²) in [4.78, 5) is 0. The van der Waals surface area contributed by atoms with Crippen LogP contribution in [-0.2, 0) is 86.9 Å². The fraction of sp³-hybridized carbons (Fsp3) is 0.600. The first-order valence-corrected chi connectivity index (χ1v) is 25.7. The minimum absolute atomic E-state index is 0. The van der Waals surface area contributed by atoms with E-state index >= 15 is 0 Å². The monoisotopic (exact) mass is 1340 g/mol. The largest absolute Gasteiger partial charge is 4.00 e. The number of hydrogen-bond donors (Lipinski definition) is 4. The van der Waals surface area contributed by atoms with E-state index in [2.05, 4.69) is 0 Å². The van der Waals surface area contributed by atoms with E-state index in [0.717, 1.165) is 0 Å². The molecule has 0 radical (unpaired) electrons. The molecular weight excluding hydrogens is 1230 g/mol. The van der Waals surface area contributed by atoms with Crippen molar-refractivity contribution in [2.45, 2.75) is 239 Å². The molecule has 0 saturated carbocycles. The molecule has 0 aromatic heterocycles. The van der Waals surface area contributed by atoms with Crippen molar-refractivity contribution in [1.82, 2.24) is 0 Å². The first-order chi connectivity index (χ1) is 36.0. The molecule has 480 valence electrons. The number of aliphatic hydroxyl groups is 4. The second-order valence-corrected chi connectivity index (χ2v) is 18.6. The Kier molecular flexibility index (Phi) is 138. The molecule has 0 heterocycles. The third-order valence-corrected chi connectivity index (χ3v) is 3.40. The Hall–Kier alpha value is -2.34. The molecule has 4 aromatic carbocycles. The van der Waals surface area contributed by atoms with Crippen molar-refractivity contribution >= 4 is 0 Å². The molecule has 0 fully saturated rings. The van der Waals surface area contributed by atoms with Crippen molar-refractivity contribution in [2.75, 3.05) is 0 Å². The molecule has 24 heteroatoms. The Labute approximate surface area is 567 Å². The summed E-state index contributed by atoms with van der Waals surface area (Å²) < 4.78 is 0. The second kappa shape index (κ2) is 94.3. The summed E-state index contributed by atoms with van der Waals surface area (Å²) in [6, 6.07) is 22.4. The maximum Gasteiger partial charge on any atom is 4.00 e. The average molecular weight is 1340 g/mol. The van der Waals surface area contributed by atoms with Crippen LogP contribution in [0.15, 0.2) is 97.1 Å². The Morgan fingerprint density at radius 3 is 0.250 bits per heavy atom. The Morgan fingerprint density at radius 1 is 0.190 bits per heavy atom. The van der Waals surface area contributed by atoms with Crippen LogP contribution in [0.3, 0.4) is 0 Å². The molecule has 0 amide bonds. The number of benzene rings is 4. The second-order valence-electron chi connectivity index (χ2n) is 18.6. The van der Waals surface area contributed by atoms with Crippen LogP contribution in [0.1, 0.15) is 166 Å². The van der Waals surface area contributed by atoms with E-state index in [1.807, 2.05) is 0 Å². The molecule has 4 N–H and O–H groups in total. The van der Waals surface area contributed by atoms with E-state index in [1.54, 1.807) is 215 Å². The van der Waals surface area contributed by atoms with Gasteiger partial charge in [0.15, 0.2) is 0 Å². The first kappa shape index (κ1) is 123. The minimum atomic E-state index is -0.437. The predicted octanol–water partition coefficient (Wildman–Crippen LogP) is -1.09. The van der Waals surface area contributed by atoms with E-state index in [4.69, 9.17) is 20.4 Å². The molecule has 0 bridgehead atoms. The maximum atomic E-state index is 10.3. The van der Waals surface area contributed by atoms with Crippen molar-refractivity contribution < 1.29 is 189 Å². The molecule has 20 nitrogen and oxygen atoms in total. The van der Waals surface area contributed by atoms with Crippen molar-refractivity contribution in [1.29, 1.82) is 0 Å². The summed E-state index contributed by atoms with van der Waals surface area (Å²) in [6.07, 6.45) is -4.00. The van der Waals surface area contributed by atoms with Gasteiger partial charge in [0.1, 0.15) is 0 Å². The summed E-state index contributed by atoms with van der Waals surface area (Å²) in [6.45, 7) is 39.6. The summed E-state index contributed by atoms with van der Waals surface area (Å²) in [5.41, 5.74) is 0. The van der Waals surface area contributed by atoms with Crippen LogP contribution in [0.2, 0.25) is 0 Å². The quantitative estimate of drug-likeness (QED) is 0.152.